The number of cyclic esters (lactones) is 1. The van der Waals surface area contributed by atoms with E-state index in [-0.39, 0.29) is 11.5 Å². The maximum atomic E-state index is 12.3. The van der Waals surface area contributed by atoms with Crippen LogP contribution < -0.4 is 4.90 Å². The number of esters is 2. The SMILES string of the molecule is COC(=O)c1ccccc1C1OC(=O)c2ccccc2N1C(C)=O. The van der Waals surface area contributed by atoms with E-state index in [0.717, 1.165) is 0 Å². The average Bonchev–Trinajstić information content (AvgIpc) is 2.60. The number of hydrogen-bond donors (Lipinski definition) is 0. The molecule has 1 amide bonds. The van der Waals surface area contributed by atoms with Gasteiger partial charge in [0.15, 0.2) is 0 Å². The maximum Gasteiger partial charge on any atom is 0.342 e. The smallest absolute Gasteiger partial charge is 0.342 e. The van der Waals surface area contributed by atoms with Crippen molar-refractivity contribution in [3.63, 3.8) is 0 Å². The summed E-state index contributed by atoms with van der Waals surface area (Å²) < 4.78 is 10.2. The Morgan fingerprint density at radius 3 is 2.46 bits per heavy atom. The van der Waals surface area contributed by atoms with E-state index in [9.17, 15) is 14.4 Å². The van der Waals surface area contributed by atoms with Crippen molar-refractivity contribution >= 4 is 23.5 Å². The van der Waals surface area contributed by atoms with Gasteiger partial charge in [0.25, 0.3) is 0 Å². The lowest BCUT2D eigenvalue weighted by atomic mass is 10.0. The standard InChI is InChI=1S/C18H15NO5/c1-11(20)19-15-10-6-5-9-14(15)18(22)24-16(19)12-7-3-4-8-13(12)17(21)23-2/h3-10,16H,1-2H3. The number of carbonyl (C=O) groups excluding carboxylic acids is 3. The van der Waals surface area contributed by atoms with Crippen LogP contribution in [0.5, 0.6) is 0 Å². The normalized spacial score (nSPS) is 16.2. The lowest BCUT2D eigenvalue weighted by Gasteiger charge is -2.36. The summed E-state index contributed by atoms with van der Waals surface area (Å²) >= 11 is 0. The van der Waals surface area contributed by atoms with Gasteiger partial charge in [-0.05, 0) is 18.2 Å². The molecular formula is C18H15NO5. The van der Waals surface area contributed by atoms with E-state index in [0.29, 0.717) is 16.8 Å². The first kappa shape index (κ1) is 15.7. The maximum absolute atomic E-state index is 12.3. The van der Waals surface area contributed by atoms with Gasteiger partial charge in [-0.15, -0.1) is 0 Å². The predicted molar refractivity (Wildman–Crippen MR) is 85.5 cm³/mol. The molecule has 3 rings (SSSR count). The van der Waals surface area contributed by atoms with Crippen molar-refractivity contribution in [2.75, 3.05) is 12.0 Å². The van der Waals surface area contributed by atoms with E-state index in [1.807, 2.05) is 0 Å². The van der Waals surface area contributed by atoms with E-state index in [4.69, 9.17) is 9.47 Å². The van der Waals surface area contributed by atoms with Gasteiger partial charge < -0.3 is 9.47 Å². The zero-order valence-electron chi connectivity index (χ0n) is 13.2. The summed E-state index contributed by atoms with van der Waals surface area (Å²) in [5.41, 5.74) is 1.39. The number of benzene rings is 2. The van der Waals surface area contributed by atoms with Gasteiger partial charge in [-0.2, -0.15) is 0 Å². The zero-order chi connectivity index (χ0) is 17.3. The molecule has 0 fully saturated rings. The molecule has 0 radical (unpaired) electrons. The molecule has 1 heterocycles. The van der Waals surface area contributed by atoms with Gasteiger partial charge in [0, 0.05) is 12.5 Å². The molecule has 1 unspecified atom stereocenters. The number of anilines is 1. The molecule has 24 heavy (non-hydrogen) atoms. The van der Waals surface area contributed by atoms with E-state index in [1.54, 1.807) is 48.5 Å². The highest BCUT2D eigenvalue weighted by atomic mass is 16.6. The van der Waals surface area contributed by atoms with Gasteiger partial charge in [0.2, 0.25) is 12.1 Å². The average molecular weight is 325 g/mol. The van der Waals surface area contributed by atoms with Crippen molar-refractivity contribution in [2.45, 2.75) is 13.2 Å². The summed E-state index contributed by atoms with van der Waals surface area (Å²) in [5, 5.41) is 0. The minimum atomic E-state index is -1.03. The van der Waals surface area contributed by atoms with E-state index in [1.165, 1.54) is 18.9 Å². The van der Waals surface area contributed by atoms with Crippen LogP contribution in [0.1, 0.15) is 39.4 Å². The summed E-state index contributed by atoms with van der Waals surface area (Å²) in [6.07, 6.45) is -1.03. The minimum absolute atomic E-state index is 0.239. The lowest BCUT2D eigenvalue weighted by Crippen LogP contribution is -2.41. The molecule has 1 atom stereocenters. The fourth-order valence-electron chi connectivity index (χ4n) is 2.75. The molecule has 2 aromatic rings. The molecule has 122 valence electrons. The summed E-state index contributed by atoms with van der Waals surface area (Å²) in [7, 11) is 1.27. The van der Waals surface area contributed by atoms with Gasteiger partial charge >= 0.3 is 11.9 Å². The van der Waals surface area contributed by atoms with E-state index in [2.05, 4.69) is 0 Å². The summed E-state index contributed by atoms with van der Waals surface area (Å²) in [4.78, 5) is 37.9. The number of methoxy groups -OCH3 is 1. The first-order valence-corrected chi connectivity index (χ1v) is 7.31. The number of amides is 1. The van der Waals surface area contributed by atoms with Crippen molar-refractivity contribution in [3.8, 4) is 0 Å². The van der Waals surface area contributed by atoms with Crippen molar-refractivity contribution in [1.82, 2.24) is 0 Å². The number of para-hydroxylation sites is 1. The van der Waals surface area contributed by atoms with Crippen LogP contribution in [0.25, 0.3) is 0 Å². The summed E-state index contributed by atoms with van der Waals surface area (Å²) in [5.74, 6) is -1.42. The number of rotatable bonds is 2. The first-order valence-electron chi connectivity index (χ1n) is 7.31. The third kappa shape index (κ3) is 2.52. The fourth-order valence-corrected chi connectivity index (χ4v) is 2.75. The van der Waals surface area contributed by atoms with Crippen LogP contribution in [0, 0.1) is 0 Å². The highest BCUT2D eigenvalue weighted by Gasteiger charge is 2.37. The third-order valence-corrected chi connectivity index (χ3v) is 3.81. The molecular weight excluding hydrogens is 310 g/mol. The fraction of sp³-hybridized carbons (Fsp3) is 0.167. The monoisotopic (exact) mass is 325 g/mol. The number of ether oxygens (including phenoxy) is 2. The molecule has 0 spiro atoms. The van der Waals surface area contributed by atoms with Crippen LogP contribution >= 0.6 is 0 Å². The molecule has 6 nitrogen and oxygen atoms in total. The second kappa shape index (κ2) is 6.16. The van der Waals surface area contributed by atoms with Gasteiger partial charge in [-0.25, -0.2) is 9.59 Å². The molecule has 1 aliphatic heterocycles. The van der Waals surface area contributed by atoms with Crippen molar-refractivity contribution < 1.29 is 23.9 Å². The quantitative estimate of drug-likeness (QED) is 0.794. The van der Waals surface area contributed by atoms with Gasteiger partial charge in [-0.3, -0.25) is 9.69 Å². The molecule has 0 saturated heterocycles. The Balaban J connectivity index is 2.17. The predicted octanol–water partition coefficient (Wildman–Crippen LogP) is 2.70. The van der Waals surface area contributed by atoms with Crippen LogP contribution in [-0.4, -0.2) is 25.0 Å². The van der Waals surface area contributed by atoms with Crippen molar-refractivity contribution in [1.29, 1.82) is 0 Å². The second-order valence-electron chi connectivity index (χ2n) is 5.24. The van der Waals surface area contributed by atoms with Crippen LogP contribution in [0.15, 0.2) is 48.5 Å². The van der Waals surface area contributed by atoms with Crippen LogP contribution in [0.3, 0.4) is 0 Å². The van der Waals surface area contributed by atoms with Crippen LogP contribution in [-0.2, 0) is 14.3 Å². The molecule has 0 N–H and O–H groups in total. The Labute approximate surface area is 138 Å². The van der Waals surface area contributed by atoms with Crippen molar-refractivity contribution in [2.24, 2.45) is 0 Å². The lowest BCUT2D eigenvalue weighted by molar-refractivity contribution is -0.118. The molecule has 0 bridgehead atoms. The van der Waals surface area contributed by atoms with Gasteiger partial charge in [-0.1, -0.05) is 30.3 Å². The van der Waals surface area contributed by atoms with Gasteiger partial charge in [0.1, 0.15) is 0 Å². The second-order valence-corrected chi connectivity index (χ2v) is 5.24. The topological polar surface area (TPSA) is 72.9 Å². The molecule has 2 aromatic carbocycles. The Bertz CT molecular complexity index is 830. The zero-order valence-corrected chi connectivity index (χ0v) is 13.2. The third-order valence-electron chi connectivity index (χ3n) is 3.81. The highest BCUT2D eigenvalue weighted by Crippen LogP contribution is 2.37. The number of carbonyl (C=O) groups is 3. The number of hydrogen-bond acceptors (Lipinski definition) is 5. The van der Waals surface area contributed by atoms with E-state index < -0.39 is 18.2 Å². The first-order chi connectivity index (χ1) is 11.5. The number of nitrogens with zero attached hydrogens (tertiary/aromatic N) is 1. The molecule has 6 heteroatoms. The van der Waals surface area contributed by atoms with Crippen LogP contribution in [0.2, 0.25) is 0 Å². The van der Waals surface area contributed by atoms with Crippen molar-refractivity contribution in [3.05, 3.63) is 65.2 Å². The Morgan fingerprint density at radius 1 is 1.08 bits per heavy atom. The Kier molecular flexibility index (Phi) is 4.04. The Morgan fingerprint density at radius 2 is 1.75 bits per heavy atom. The Hall–Kier alpha value is -3.15. The van der Waals surface area contributed by atoms with Gasteiger partial charge in [0.05, 0.1) is 23.9 Å². The largest absolute Gasteiger partial charge is 0.465 e. The minimum Gasteiger partial charge on any atom is -0.465 e. The summed E-state index contributed by atoms with van der Waals surface area (Å²) in [6.45, 7) is 1.38. The summed E-state index contributed by atoms with van der Waals surface area (Å²) in [6, 6.07) is 13.3. The van der Waals surface area contributed by atoms with Crippen LogP contribution in [0.4, 0.5) is 5.69 Å². The van der Waals surface area contributed by atoms with E-state index >= 15 is 0 Å². The molecule has 0 aliphatic carbocycles. The molecule has 0 aromatic heterocycles. The molecule has 0 saturated carbocycles. The highest BCUT2D eigenvalue weighted by molar-refractivity contribution is 6.05. The number of fused-ring (bicyclic) bond motifs is 1. The molecule has 1 aliphatic rings.